The number of aryl methyl sites for hydroxylation is 1. The van der Waals surface area contributed by atoms with Crippen molar-refractivity contribution in [3.8, 4) is 0 Å². The van der Waals surface area contributed by atoms with Gasteiger partial charge in [0.05, 0.1) is 17.1 Å². The summed E-state index contributed by atoms with van der Waals surface area (Å²) in [5, 5.41) is 7.65. The maximum absolute atomic E-state index is 5.85. The van der Waals surface area contributed by atoms with Gasteiger partial charge in [-0.15, -0.1) is 0 Å². The van der Waals surface area contributed by atoms with Gasteiger partial charge in [-0.25, -0.2) is 4.98 Å². The van der Waals surface area contributed by atoms with Crippen LogP contribution in [0.2, 0.25) is 0 Å². The van der Waals surface area contributed by atoms with E-state index >= 15 is 0 Å². The fourth-order valence-corrected chi connectivity index (χ4v) is 1.68. The van der Waals surface area contributed by atoms with Gasteiger partial charge in [-0.2, -0.15) is 5.10 Å². The normalized spacial score (nSPS) is 10.8. The molecule has 0 aliphatic rings. The van der Waals surface area contributed by atoms with E-state index in [0.29, 0.717) is 17.4 Å². The van der Waals surface area contributed by atoms with E-state index in [2.05, 4.69) is 29.2 Å². The van der Waals surface area contributed by atoms with E-state index in [0.717, 1.165) is 11.4 Å². The lowest BCUT2D eigenvalue weighted by atomic mass is 10.1. The molecule has 5 heteroatoms. The minimum atomic E-state index is 0.351. The first kappa shape index (κ1) is 11.4. The van der Waals surface area contributed by atoms with Crippen molar-refractivity contribution in [1.29, 1.82) is 0 Å². The van der Waals surface area contributed by atoms with E-state index in [1.54, 1.807) is 10.9 Å². The Hall–Kier alpha value is -2.04. The van der Waals surface area contributed by atoms with Crippen molar-refractivity contribution in [1.82, 2.24) is 14.8 Å². The average Bonchev–Trinajstić information content (AvgIpc) is 2.63. The second-order valence-corrected chi connectivity index (χ2v) is 4.32. The Morgan fingerprint density at radius 3 is 2.82 bits per heavy atom. The predicted octanol–water partition coefficient (Wildman–Crippen LogP) is 2.26. The molecule has 5 nitrogen and oxygen atoms in total. The highest BCUT2D eigenvalue weighted by molar-refractivity contribution is 5.69. The van der Waals surface area contributed by atoms with Crippen LogP contribution in [0.3, 0.4) is 0 Å². The zero-order valence-corrected chi connectivity index (χ0v) is 10.3. The van der Waals surface area contributed by atoms with Crippen molar-refractivity contribution in [2.75, 3.05) is 11.1 Å². The molecule has 0 atom stereocenters. The lowest BCUT2D eigenvalue weighted by Crippen LogP contribution is -2.00. The van der Waals surface area contributed by atoms with Gasteiger partial charge in [0.1, 0.15) is 0 Å². The van der Waals surface area contributed by atoms with Crippen LogP contribution in [0.5, 0.6) is 0 Å². The van der Waals surface area contributed by atoms with Crippen molar-refractivity contribution < 1.29 is 0 Å². The van der Waals surface area contributed by atoms with Gasteiger partial charge in [0, 0.05) is 19.4 Å². The third-order valence-electron chi connectivity index (χ3n) is 2.50. The van der Waals surface area contributed by atoms with E-state index in [-0.39, 0.29) is 0 Å². The quantitative estimate of drug-likeness (QED) is 0.850. The molecule has 2 aromatic rings. The first-order chi connectivity index (χ1) is 8.08. The van der Waals surface area contributed by atoms with Crippen LogP contribution >= 0.6 is 0 Å². The third-order valence-corrected chi connectivity index (χ3v) is 2.50. The molecule has 0 aromatic carbocycles. The van der Waals surface area contributed by atoms with E-state index < -0.39 is 0 Å². The van der Waals surface area contributed by atoms with Gasteiger partial charge in [0.25, 0.3) is 0 Å². The standard InChI is InChI=1S/C12H17N5/c1-8(2)11-10(7-17(3)16-11)15-12-9(13)5-4-6-14-12/h4-8H,13H2,1-3H3,(H,14,15). The average molecular weight is 231 g/mol. The first-order valence-corrected chi connectivity index (χ1v) is 5.59. The summed E-state index contributed by atoms with van der Waals surface area (Å²) in [6.45, 7) is 4.21. The number of hydrogen-bond donors (Lipinski definition) is 2. The number of hydrogen-bond acceptors (Lipinski definition) is 4. The number of pyridine rings is 1. The molecule has 0 bridgehead atoms. The van der Waals surface area contributed by atoms with Gasteiger partial charge in [0.15, 0.2) is 5.82 Å². The second-order valence-electron chi connectivity index (χ2n) is 4.32. The van der Waals surface area contributed by atoms with Crippen molar-refractivity contribution >= 4 is 17.2 Å². The number of nitrogen functional groups attached to an aromatic ring is 1. The Morgan fingerprint density at radius 2 is 2.18 bits per heavy atom. The molecule has 0 radical (unpaired) electrons. The molecule has 2 aromatic heterocycles. The van der Waals surface area contributed by atoms with Crippen molar-refractivity contribution in [3.05, 3.63) is 30.2 Å². The van der Waals surface area contributed by atoms with Gasteiger partial charge in [-0.05, 0) is 18.1 Å². The Balaban J connectivity index is 2.33. The molecule has 0 saturated heterocycles. The summed E-state index contributed by atoms with van der Waals surface area (Å²) in [7, 11) is 1.90. The smallest absolute Gasteiger partial charge is 0.153 e. The SMILES string of the molecule is CC(C)c1nn(C)cc1Nc1ncccc1N. The van der Waals surface area contributed by atoms with Gasteiger partial charge >= 0.3 is 0 Å². The molecule has 2 rings (SSSR count). The van der Waals surface area contributed by atoms with E-state index in [4.69, 9.17) is 5.73 Å². The molecule has 17 heavy (non-hydrogen) atoms. The maximum Gasteiger partial charge on any atom is 0.153 e. The molecule has 0 amide bonds. The Labute approximate surface area is 101 Å². The molecule has 0 aliphatic carbocycles. The lowest BCUT2D eigenvalue weighted by molar-refractivity contribution is 0.713. The minimum absolute atomic E-state index is 0.351. The summed E-state index contributed by atoms with van der Waals surface area (Å²) in [5.74, 6) is 1.02. The van der Waals surface area contributed by atoms with Crippen LogP contribution in [0.1, 0.15) is 25.5 Å². The molecule has 3 N–H and O–H groups in total. The Kier molecular flexibility index (Phi) is 2.99. The van der Waals surface area contributed by atoms with Gasteiger partial charge in [-0.3, -0.25) is 4.68 Å². The highest BCUT2D eigenvalue weighted by Gasteiger charge is 2.12. The van der Waals surface area contributed by atoms with Crippen LogP contribution in [0.25, 0.3) is 0 Å². The summed E-state index contributed by atoms with van der Waals surface area (Å²) in [6.07, 6.45) is 3.65. The number of anilines is 3. The third kappa shape index (κ3) is 2.38. The van der Waals surface area contributed by atoms with Crippen LogP contribution < -0.4 is 11.1 Å². The highest BCUT2D eigenvalue weighted by atomic mass is 15.3. The fraction of sp³-hybridized carbons (Fsp3) is 0.333. The summed E-state index contributed by atoms with van der Waals surface area (Å²) < 4.78 is 1.79. The number of nitrogens with one attached hydrogen (secondary N) is 1. The molecule has 0 unspecified atom stereocenters. The molecular weight excluding hydrogens is 214 g/mol. The Bertz CT molecular complexity index is 515. The van der Waals surface area contributed by atoms with Crippen LogP contribution in [0.4, 0.5) is 17.2 Å². The minimum Gasteiger partial charge on any atom is -0.396 e. The molecule has 2 heterocycles. The van der Waals surface area contributed by atoms with Crippen LogP contribution in [-0.2, 0) is 7.05 Å². The molecule has 0 fully saturated rings. The number of nitrogens with zero attached hydrogens (tertiary/aromatic N) is 3. The number of aromatic nitrogens is 3. The summed E-state index contributed by atoms with van der Waals surface area (Å²) in [4.78, 5) is 4.21. The molecule has 0 spiro atoms. The maximum atomic E-state index is 5.85. The van der Waals surface area contributed by atoms with Gasteiger partial charge < -0.3 is 11.1 Å². The first-order valence-electron chi connectivity index (χ1n) is 5.59. The zero-order valence-electron chi connectivity index (χ0n) is 10.3. The topological polar surface area (TPSA) is 68.8 Å². The van der Waals surface area contributed by atoms with Crippen molar-refractivity contribution in [2.24, 2.45) is 7.05 Å². The molecule has 0 aliphatic heterocycles. The monoisotopic (exact) mass is 231 g/mol. The van der Waals surface area contributed by atoms with E-state index in [1.807, 2.05) is 25.4 Å². The predicted molar refractivity (Wildman–Crippen MR) is 69.2 cm³/mol. The van der Waals surface area contributed by atoms with E-state index in [1.165, 1.54) is 0 Å². The zero-order chi connectivity index (χ0) is 12.4. The van der Waals surface area contributed by atoms with Crippen molar-refractivity contribution in [3.63, 3.8) is 0 Å². The number of rotatable bonds is 3. The van der Waals surface area contributed by atoms with Gasteiger partial charge in [0.2, 0.25) is 0 Å². The number of nitrogens with two attached hydrogens (primary N) is 1. The largest absolute Gasteiger partial charge is 0.396 e. The molecule has 90 valence electrons. The lowest BCUT2D eigenvalue weighted by Gasteiger charge is -2.09. The van der Waals surface area contributed by atoms with Crippen LogP contribution in [0, 0.1) is 0 Å². The van der Waals surface area contributed by atoms with E-state index in [9.17, 15) is 0 Å². The molecule has 0 saturated carbocycles. The van der Waals surface area contributed by atoms with Crippen LogP contribution in [0.15, 0.2) is 24.5 Å². The summed E-state index contributed by atoms with van der Waals surface area (Å²) >= 11 is 0. The Morgan fingerprint density at radius 1 is 1.41 bits per heavy atom. The van der Waals surface area contributed by atoms with Gasteiger partial charge in [-0.1, -0.05) is 13.8 Å². The highest BCUT2D eigenvalue weighted by Crippen LogP contribution is 2.26. The van der Waals surface area contributed by atoms with Crippen LogP contribution in [-0.4, -0.2) is 14.8 Å². The molecular formula is C12H17N5. The fourth-order valence-electron chi connectivity index (χ4n) is 1.68. The second kappa shape index (κ2) is 4.45. The van der Waals surface area contributed by atoms with Crippen molar-refractivity contribution in [2.45, 2.75) is 19.8 Å². The summed E-state index contributed by atoms with van der Waals surface area (Å²) in [6, 6.07) is 3.63. The summed E-state index contributed by atoms with van der Waals surface area (Å²) in [5.41, 5.74) is 8.44.